The fraction of sp³-hybridized carbons (Fsp3) is 0.174. The maximum atomic E-state index is 13.4. The molecule has 0 N–H and O–H groups in total. The van der Waals surface area contributed by atoms with Gasteiger partial charge in [-0.25, -0.2) is 12.8 Å². The highest BCUT2D eigenvalue weighted by molar-refractivity contribution is 7.89. The highest BCUT2D eigenvalue weighted by Gasteiger charge is 2.29. The van der Waals surface area contributed by atoms with Gasteiger partial charge in [0.05, 0.1) is 4.90 Å². The molecule has 154 valence electrons. The first-order valence-corrected chi connectivity index (χ1v) is 11.1. The first-order valence-electron chi connectivity index (χ1n) is 9.66. The molecule has 1 fully saturated rings. The Morgan fingerprint density at radius 2 is 1.60 bits per heavy atom. The number of amides is 1. The van der Waals surface area contributed by atoms with Crippen molar-refractivity contribution in [2.75, 3.05) is 26.2 Å². The van der Waals surface area contributed by atoms with E-state index in [1.165, 1.54) is 28.6 Å². The molecule has 0 aromatic heterocycles. The number of rotatable bonds is 4. The van der Waals surface area contributed by atoms with E-state index in [2.05, 4.69) is 0 Å². The van der Waals surface area contributed by atoms with Gasteiger partial charge < -0.3 is 4.90 Å². The molecular weight excluding hydrogens is 403 g/mol. The number of carbonyl (C=O) groups excluding carboxylic acids is 1. The summed E-state index contributed by atoms with van der Waals surface area (Å²) < 4.78 is 40.1. The minimum absolute atomic E-state index is 0.0712. The third-order valence-corrected chi connectivity index (χ3v) is 7.11. The number of nitrogens with zero attached hydrogens (tertiary/aromatic N) is 2. The Kier molecular flexibility index (Phi) is 5.65. The SMILES string of the molecule is O=C(/C=C/c1cccc2ccccc12)N1CCN(S(=O)(=O)c2cccc(F)c2)CC1. The second-order valence-corrected chi connectivity index (χ2v) is 9.03. The van der Waals surface area contributed by atoms with Gasteiger partial charge in [0.15, 0.2) is 0 Å². The van der Waals surface area contributed by atoms with Crippen LogP contribution in [0.5, 0.6) is 0 Å². The van der Waals surface area contributed by atoms with Gasteiger partial charge in [-0.15, -0.1) is 0 Å². The van der Waals surface area contributed by atoms with Crippen molar-refractivity contribution < 1.29 is 17.6 Å². The van der Waals surface area contributed by atoms with Crippen molar-refractivity contribution in [3.63, 3.8) is 0 Å². The van der Waals surface area contributed by atoms with Gasteiger partial charge in [0, 0.05) is 32.3 Å². The van der Waals surface area contributed by atoms with Gasteiger partial charge in [0.25, 0.3) is 0 Å². The van der Waals surface area contributed by atoms with Gasteiger partial charge >= 0.3 is 0 Å². The molecule has 0 radical (unpaired) electrons. The second-order valence-electron chi connectivity index (χ2n) is 7.09. The maximum absolute atomic E-state index is 13.4. The average molecular weight is 424 g/mol. The summed E-state index contributed by atoms with van der Waals surface area (Å²) in [6, 6.07) is 18.9. The molecule has 1 aliphatic heterocycles. The lowest BCUT2D eigenvalue weighted by Crippen LogP contribution is -2.50. The Hall–Kier alpha value is -3.03. The van der Waals surface area contributed by atoms with Crippen LogP contribution in [0.15, 0.2) is 77.7 Å². The first kappa shape index (κ1) is 20.3. The van der Waals surface area contributed by atoms with E-state index in [9.17, 15) is 17.6 Å². The summed E-state index contributed by atoms with van der Waals surface area (Å²) in [5.74, 6) is -0.755. The maximum Gasteiger partial charge on any atom is 0.246 e. The second kappa shape index (κ2) is 8.38. The lowest BCUT2D eigenvalue weighted by atomic mass is 10.0. The van der Waals surface area contributed by atoms with Crippen LogP contribution in [-0.4, -0.2) is 49.7 Å². The molecule has 7 heteroatoms. The lowest BCUT2D eigenvalue weighted by Gasteiger charge is -2.33. The molecule has 30 heavy (non-hydrogen) atoms. The molecule has 0 bridgehead atoms. The molecule has 1 heterocycles. The summed E-state index contributed by atoms with van der Waals surface area (Å²) in [4.78, 5) is 14.2. The van der Waals surface area contributed by atoms with Crippen molar-refractivity contribution in [1.82, 2.24) is 9.21 Å². The molecule has 1 aliphatic rings. The van der Waals surface area contributed by atoms with Crippen molar-refractivity contribution in [3.8, 4) is 0 Å². The van der Waals surface area contributed by atoms with Gasteiger partial charge in [0.1, 0.15) is 5.82 Å². The smallest absolute Gasteiger partial charge is 0.246 e. The van der Waals surface area contributed by atoms with E-state index in [0.717, 1.165) is 22.4 Å². The Morgan fingerprint density at radius 3 is 2.37 bits per heavy atom. The molecule has 0 aliphatic carbocycles. The summed E-state index contributed by atoms with van der Waals surface area (Å²) in [5, 5.41) is 2.17. The van der Waals surface area contributed by atoms with E-state index in [0.29, 0.717) is 0 Å². The van der Waals surface area contributed by atoms with E-state index in [1.807, 2.05) is 42.5 Å². The number of fused-ring (bicyclic) bond motifs is 1. The Morgan fingerprint density at radius 1 is 0.900 bits per heavy atom. The molecule has 0 saturated carbocycles. The third kappa shape index (κ3) is 4.13. The number of piperazine rings is 1. The van der Waals surface area contributed by atoms with Gasteiger partial charge in [-0.05, 0) is 40.6 Å². The van der Waals surface area contributed by atoms with Crippen LogP contribution in [0.3, 0.4) is 0 Å². The zero-order valence-electron chi connectivity index (χ0n) is 16.2. The molecule has 1 saturated heterocycles. The van der Waals surface area contributed by atoms with E-state index >= 15 is 0 Å². The topological polar surface area (TPSA) is 57.7 Å². The molecule has 3 aromatic rings. The van der Waals surface area contributed by atoms with Gasteiger partial charge in [0.2, 0.25) is 15.9 Å². The lowest BCUT2D eigenvalue weighted by molar-refractivity contribution is -0.127. The predicted molar refractivity (Wildman–Crippen MR) is 115 cm³/mol. The van der Waals surface area contributed by atoms with E-state index in [4.69, 9.17) is 0 Å². The van der Waals surface area contributed by atoms with Crippen LogP contribution in [0.1, 0.15) is 5.56 Å². The first-order chi connectivity index (χ1) is 14.4. The zero-order valence-corrected chi connectivity index (χ0v) is 17.1. The molecule has 0 atom stereocenters. The highest BCUT2D eigenvalue weighted by atomic mass is 32.2. The molecule has 0 unspecified atom stereocenters. The number of benzene rings is 3. The third-order valence-electron chi connectivity index (χ3n) is 5.21. The van der Waals surface area contributed by atoms with Crippen LogP contribution in [0.25, 0.3) is 16.8 Å². The van der Waals surface area contributed by atoms with Crippen molar-refractivity contribution in [2.24, 2.45) is 0 Å². The standard InChI is InChI=1S/C23H21FN2O3S/c24-20-8-4-9-21(17-20)30(28,29)26-15-13-25(14-16-26)23(27)12-11-19-7-3-6-18-5-1-2-10-22(18)19/h1-12,17H,13-16H2/b12-11+. The van der Waals surface area contributed by atoms with Crippen molar-refractivity contribution >= 4 is 32.8 Å². The number of sulfonamides is 1. The molecule has 0 spiro atoms. The summed E-state index contributed by atoms with van der Waals surface area (Å²) in [6.45, 7) is 0.917. The van der Waals surface area contributed by atoms with Crippen LogP contribution in [0.2, 0.25) is 0 Å². The predicted octanol–water partition coefficient (Wildman–Crippen LogP) is 3.53. The van der Waals surface area contributed by atoms with Crippen molar-refractivity contribution in [3.05, 3.63) is 84.2 Å². The quantitative estimate of drug-likeness (QED) is 0.602. The number of carbonyl (C=O) groups is 1. The van der Waals surface area contributed by atoms with Crippen molar-refractivity contribution in [1.29, 1.82) is 0 Å². The highest BCUT2D eigenvalue weighted by Crippen LogP contribution is 2.21. The minimum atomic E-state index is -3.78. The largest absolute Gasteiger partial charge is 0.337 e. The Bertz CT molecular complexity index is 1210. The Labute approximate surface area is 175 Å². The van der Waals surface area contributed by atoms with E-state index < -0.39 is 15.8 Å². The molecule has 4 rings (SSSR count). The van der Waals surface area contributed by atoms with Gasteiger partial charge in [-0.1, -0.05) is 48.5 Å². The number of hydrogen-bond acceptors (Lipinski definition) is 3. The van der Waals surface area contributed by atoms with Crippen LogP contribution < -0.4 is 0 Å². The van der Waals surface area contributed by atoms with Crippen LogP contribution in [0.4, 0.5) is 4.39 Å². The van der Waals surface area contributed by atoms with Crippen LogP contribution in [-0.2, 0) is 14.8 Å². The summed E-state index contributed by atoms with van der Waals surface area (Å²) >= 11 is 0. The zero-order chi connectivity index (χ0) is 21.1. The van der Waals surface area contributed by atoms with E-state index in [-0.39, 0.29) is 37.0 Å². The monoisotopic (exact) mass is 424 g/mol. The normalized spacial score (nSPS) is 15.7. The number of hydrogen-bond donors (Lipinski definition) is 0. The van der Waals surface area contributed by atoms with Gasteiger partial charge in [-0.2, -0.15) is 4.31 Å². The molecule has 1 amide bonds. The van der Waals surface area contributed by atoms with Crippen LogP contribution in [0, 0.1) is 5.82 Å². The molecular formula is C23H21FN2O3S. The molecule has 3 aromatic carbocycles. The van der Waals surface area contributed by atoms with Crippen LogP contribution >= 0.6 is 0 Å². The number of halogens is 1. The average Bonchev–Trinajstić information content (AvgIpc) is 2.77. The Balaban J connectivity index is 1.43. The molecule has 5 nitrogen and oxygen atoms in total. The van der Waals surface area contributed by atoms with E-state index in [1.54, 1.807) is 11.0 Å². The summed E-state index contributed by atoms with van der Waals surface area (Å²) in [7, 11) is -3.78. The fourth-order valence-corrected chi connectivity index (χ4v) is 5.04. The minimum Gasteiger partial charge on any atom is -0.337 e. The van der Waals surface area contributed by atoms with Gasteiger partial charge in [-0.3, -0.25) is 4.79 Å². The van der Waals surface area contributed by atoms with Crippen molar-refractivity contribution in [2.45, 2.75) is 4.90 Å². The summed E-state index contributed by atoms with van der Waals surface area (Å²) in [6.07, 6.45) is 3.32. The fourth-order valence-electron chi connectivity index (χ4n) is 3.59. The summed E-state index contributed by atoms with van der Waals surface area (Å²) in [5.41, 5.74) is 0.953.